The van der Waals surface area contributed by atoms with E-state index >= 15 is 0 Å². The van der Waals surface area contributed by atoms with Crippen molar-refractivity contribution in [3.05, 3.63) is 60.8 Å². The molecule has 1 N–H and O–H groups in total. The summed E-state index contributed by atoms with van der Waals surface area (Å²) in [6.07, 6.45) is 3.04. The van der Waals surface area contributed by atoms with Crippen LogP contribution in [0.5, 0.6) is 11.5 Å². The number of pyridine rings is 1. The van der Waals surface area contributed by atoms with E-state index in [2.05, 4.69) is 20.5 Å². The third-order valence-electron chi connectivity index (χ3n) is 3.36. The van der Waals surface area contributed by atoms with Gasteiger partial charge in [-0.15, -0.1) is 10.2 Å². The molecule has 0 radical (unpaired) electrons. The van der Waals surface area contributed by atoms with Crippen LogP contribution in [-0.4, -0.2) is 45.9 Å². The predicted octanol–water partition coefficient (Wildman–Crippen LogP) is 1.48. The standard InChI is InChI=1S/C17H17N5O3/c1-24-14-6-2-3-7-15(14)25-10-9-18-17(23)13-5-4-8-16(21-13)22-11-19-20-12-22/h2-8,11-12H,9-10H2,1H3,(H,18,23). The second-order valence-corrected chi connectivity index (χ2v) is 5.01. The molecule has 0 aliphatic heterocycles. The number of nitrogens with one attached hydrogen (secondary N) is 1. The molecular weight excluding hydrogens is 322 g/mol. The molecule has 0 fully saturated rings. The highest BCUT2D eigenvalue weighted by Gasteiger charge is 2.09. The normalized spacial score (nSPS) is 10.3. The van der Waals surface area contributed by atoms with Crippen LogP contribution in [0.3, 0.4) is 0 Å². The largest absolute Gasteiger partial charge is 0.493 e. The average molecular weight is 339 g/mol. The van der Waals surface area contributed by atoms with Gasteiger partial charge in [0, 0.05) is 0 Å². The number of carbonyl (C=O) groups is 1. The van der Waals surface area contributed by atoms with E-state index in [0.29, 0.717) is 36.2 Å². The second kappa shape index (κ2) is 7.91. The number of carbonyl (C=O) groups excluding carboxylic acids is 1. The number of benzene rings is 1. The van der Waals surface area contributed by atoms with E-state index in [4.69, 9.17) is 9.47 Å². The summed E-state index contributed by atoms with van der Waals surface area (Å²) in [5.74, 6) is 1.57. The summed E-state index contributed by atoms with van der Waals surface area (Å²) in [4.78, 5) is 16.5. The van der Waals surface area contributed by atoms with Crippen molar-refractivity contribution < 1.29 is 14.3 Å². The average Bonchev–Trinajstić information content (AvgIpc) is 3.20. The van der Waals surface area contributed by atoms with Crippen molar-refractivity contribution in [3.63, 3.8) is 0 Å². The molecule has 0 aliphatic carbocycles. The van der Waals surface area contributed by atoms with Crippen molar-refractivity contribution >= 4 is 5.91 Å². The summed E-state index contributed by atoms with van der Waals surface area (Å²) in [6, 6.07) is 12.5. The third kappa shape index (κ3) is 4.11. The van der Waals surface area contributed by atoms with Crippen LogP contribution in [0.25, 0.3) is 5.82 Å². The molecule has 2 heterocycles. The molecule has 128 valence electrons. The van der Waals surface area contributed by atoms with Gasteiger partial charge in [-0.3, -0.25) is 9.36 Å². The van der Waals surface area contributed by atoms with Crippen LogP contribution >= 0.6 is 0 Å². The first-order chi connectivity index (χ1) is 12.3. The molecule has 0 bridgehead atoms. The molecule has 0 unspecified atom stereocenters. The van der Waals surface area contributed by atoms with Gasteiger partial charge >= 0.3 is 0 Å². The Labute approximate surface area is 144 Å². The first-order valence-corrected chi connectivity index (χ1v) is 7.64. The summed E-state index contributed by atoms with van der Waals surface area (Å²) in [6.45, 7) is 0.659. The first-order valence-electron chi connectivity index (χ1n) is 7.64. The molecule has 0 aliphatic rings. The molecule has 0 saturated heterocycles. The Bertz CT molecular complexity index is 836. The Balaban J connectivity index is 1.54. The molecule has 1 amide bonds. The highest BCUT2D eigenvalue weighted by molar-refractivity contribution is 5.92. The highest BCUT2D eigenvalue weighted by Crippen LogP contribution is 2.25. The van der Waals surface area contributed by atoms with Gasteiger partial charge in [0.1, 0.15) is 30.8 Å². The molecule has 25 heavy (non-hydrogen) atoms. The van der Waals surface area contributed by atoms with E-state index in [-0.39, 0.29) is 5.91 Å². The molecule has 0 atom stereocenters. The van der Waals surface area contributed by atoms with Crippen LogP contribution in [0.15, 0.2) is 55.1 Å². The number of hydrogen-bond donors (Lipinski definition) is 1. The van der Waals surface area contributed by atoms with Crippen molar-refractivity contribution in [2.75, 3.05) is 20.3 Å². The van der Waals surface area contributed by atoms with Crippen LogP contribution in [0.1, 0.15) is 10.5 Å². The molecule has 8 nitrogen and oxygen atoms in total. The fourth-order valence-electron chi connectivity index (χ4n) is 2.17. The number of methoxy groups -OCH3 is 1. The summed E-state index contributed by atoms with van der Waals surface area (Å²) < 4.78 is 12.4. The number of ether oxygens (including phenoxy) is 2. The SMILES string of the molecule is COc1ccccc1OCCNC(=O)c1cccc(-n2cnnc2)n1. The summed E-state index contributed by atoms with van der Waals surface area (Å²) in [5, 5.41) is 10.2. The molecule has 2 aromatic heterocycles. The lowest BCUT2D eigenvalue weighted by Crippen LogP contribution is -2.29. The van der Waals surface area contributed by atoms with Crippen molar-refractivity contribution in [1.29, 1.82) is 0 Å². The predicted molar refractivity (Wildman–Crippen MR) is 90.0 cm³/mol. The quantitative estimate of drug-likeness (QED) is 0.656. The Morgan fingerprint density at radius 1 is 1.08 bits per heavy atom. The van der Waals surface area contributed by atoms with Crippen molar-refractivity contribution in [1.82, 2.24) is 25.1 Å². The van der Waals surface area contributed by atoms with Crippen LogP contribution < -0.4 is 14.8 Å². The zero-order chi connectivity index (χ0) is 17.5. The monoisotopic (exact) mass is 339 g/mol. The van der Waals surface area contributed by atoms with Crippen molar-refractivity contribution in [2.45, 2.75) is 0 Å². The Kier molecular flexibility index (Phi) is 5.20. The third-order valence-corrected chi connectivity index (χ3v) is 3.36. The van der Waals surface area contributed by atoms with E-state index in [1.165, 1.54) is 12.7 Å². The highest BCUT2D eigenvalue weighted by atomic mass is 16.5. The minimum absolute atomic E-state index is 0.279. The van der Waals surface area contributed by atoms with Crippen molar-refractivity contribution in [3.8, 4) is 17.3 Å². The van der Waals surface area contributed by atoms with E-state index in [9.17, 15) is 4.79 Å². The zero-order valence-electron chi connectivity index (χ0n) is 13.6. The van der Waals surface area contributed by atoms with Crippen LogP contribution in [0.4, 0.5) is 0 Å². The molecule has 0 spiro atoms. The first kappa shape index (κ1) is 16.4. The van der Waals surface area contributed by atoms with Gasteiger partial charge in [0.05, 0.1) is 13.7 Å². The van der Waals surface area contributed by atoms with Gasteiger partial charge in [0.2, 0.25) is 0 Å². The molecular formula is C17H17N5O3. The fraction of sp³-hybridized carbons (Fsp3) is 0.176. The lowest BCUT2D eigenvalue weighted by molar-refractivity contribution is 0.0942. The Morgan fingerprint density at radius 3 is 2.60 bits per heavy atom. The van der Waals surface area contributed by atoms with Gasteiger partial charge in [-0.1, -0.05) is 18.2 Å². The summed E-state index contributed by atoms with van der Waals surface area (Å²) in [7, 11) is 1.58. The summed E-state index contributed by atoms with van der Waals surface area (Å²) >= 11 is 0. The second-order valence-electron chi connectivity index (χ2n) is 5.01. The number of para-hydroxylation sites is 2. The van der Waals surface area contributed by atoms with Gasteiger partial charge in [-0.05, 0) is 24.3 Å². The lowest BCUT2D eigenvalue weighted by Gasteiger charge is -2.11. The molecule has 0 saturated carbocycles. The lowest BCUT2D eigenvalue weighted by atomic mass is 10.3. The van der Waals surface area contributed by atoms with E-state index in [1.54, 1.807) is 29.9 Å². The summed E-state index contributed by atoms with van der Waals surface area (Å²) in [5.41, 5.74) is 0.309. The maximum absolute atomic E-state index is 12.2. The Hall–Kier alpha value is -3.42. The molecule has 1 aromatic carbocycles. The van der Waals surface area contributed by atoms with Crippen LogP contribution in [0.2, 0.25) is 0 Å². The molecule has 8 heteroatoms. The van der Waals surface area contributed by atoms with Gasteiger partial charge in [-0.25, -0.2) is 4.98 Å². The van der Waals surface area contributed by atoms with Gasteiger partial charge < -0.3 is 14.8 Å². The smallest absolute Gasteiger partial charge is 0.270 e. The zero-order valence-corrected chi connectivity index (χ0v) is 13.6. The number of hydrogen-bond acceptors (Lipinski definition) is 6. The minimum Gasteiger partial charge on any atom is -0.493 e. The van der Waals surface area contributed by atoms with E-state index in [1.807, 2.05) is 24.3 Å². The number of aromatic nitrogens is 4. The number of nitrogens with zero attached hydrogens (tertiary/aromatic N) is 4. The van der Waals surface area contributed by atoms with E-state index < -0.39 is 0 Å². The van der Waals surface area contributed by atoms with Gasteiger partial charge in [0.25, 0.3) is 5.91 Å². The van der Waals surface area contributed by atoms with Gasteiger partial charge in [0.15, 0.2) is 11.5 Å². The maximum Gasteiger partial charge on any atom is 0.270 e. The van der Waals surface area contributed by atoms with Crippen LogP contribution in [0, 0.1) is 0 Å². The fourth-order valence-corrected chi connectivity index (χ4v) is 2.17. The number of amides is 1. The Morgan fingerprint density at radius 2 is 1.84 bits per heavy atom. The number of rotatable bonds is 7. The van der Waals surface area contributed by atoms with Gasteiger partial charge in [-0.2, -0.15) is 0 Å². The molecule has 3 aromatic rings. The maximum atomic E-state index is 12.2. The van der Waals surface area contributed by atoms with E-state index in [0.717, 1.165) is 0 Å². The minimum atomic E-state index is -0.279. The topological polar surface area (TPSA) is 91.2 Å². The van der Waals surface area contributed by atoms with Crippen LogP contribution in [-0.2, 0) is 0 Å². The van der Waals surface area contributed by atoms with Crippen molar-refractivity contribution in [2.24, 2.45) is 0 Å². The molecule has 3 rings (SSSR count).